The summed E-state index contributed by atoms with van der Waals surface area (Å²) in [7, 11) is 5.17. The molecule has 2 N–H and O–H groups in total. The summed E-state index contributed by atoms with van der Waals surface area (Å²) in [5.74, 6) is -1.67. The molecular formula is C11H22O11S2Y2-4. The van der Waals surface area contributed by atoms with Crippen molar-refractivity contribution in [3.05, 3.63) is 14.2 Å². The average Bonchev–Trinajstić information content (AvgIpc) is 2.52. The van der Waals surface area contributed by atoms with E-state index >= 15 is 0 Å². The van der Waals surface area contributed by atoms with Gasteiger partial charge < -0.3 is 25.5 Å². The summed E-state index contributed by atoms with van der Waals surface area (Å²) in [4.78, 5) is 21.1. The van der Waals surface area contributed by atoms with Gasteiger partial charge in [-0.15, -0.1) is 0 Å². The van der Waals surface area contributed by atoms with Gasteiger partial charge in [-0.1, -0.05) is 7.43 Å². The standard InChI is InChI=1S/C5H9O5S.C4H8O5S.CH3O.CH4.2Y/c1-5(2,4(6)8-3)11-10-9-7;1-4(2,3(5)6)10-9-8-7;1-2;;;/h7H,3H2,1-2H3;7H,1-2H3,(H,5,6);2H,1H2;1H4;;/q-1;;-1;;;/p-2. The fourth-order valence-corrected chi connectivity index (χ4v) is 1.04. The van der Waals surface area contributed by atoms with E-state index in [0.29, 0.717) is 24.1 Å². The third-order valence-corrected chi connectivity index (χ3v) is 3.10. The summed E-state index contributed by atoms with van der Waals surface area (Å²) in [6, 6.07) is 0. The third kappa shape index (κ3) is 23.6. The number of carbonyl (C=O) groups excluding carboxylic acids is 1. The van der Waals surface area contributed by atoms with E-state index in [2.05, 4.69) is 37.7 Å². The monoisotopic (exact) mass is 572 g/mol. The summed E-state index contributed by atoms with van der Waals surface area (Å²) in [5, 5.41) is 39.8. The summed E-state index contributed by atoms with van der Waals surface area (Å²) in [6.07, 6.45) is 0. The molecule has 0 bridgehead atoms. The van der Waals surface area contributed by atoms with Gasteiger partial charge >= 0.3 is 5.97 Å². The molecule has 0 aromatic rings. The van der Waals surface area contributed by atoms with Crippen LogP contribution in [0.1, 0.15) is 35.1 Å². The topological polar surface area (TPSA) is 167 Å². The number of aliphatic carboxylic acids is 1. The summed E-state index contributed by atoms with van der Waals surface area (Å²) < 4.78 is 9.80. The van der Waals surface area contributed by atoms with Gasteiger partial charge in [-0.25, -0.2) is 7.11 Å². The molecule has 0 fully saturated rings. The smallest absolute Gasteiger partial charge is 0.321 e. The number of esters is 1. The van der Waals surface area contributed by atoms with Gasteiger partial charge in [0.1, 0.15) is 9.49 Å². The van der Waals surface area contributed by atoms with E-state index in [1.807, 2.05) is 0 Å². The molecule has 0 amide bonds. The Bertz CT molecular complexity index is 333. The molecule has 11 nitrogen and oxygen atoms in total. The van der Waals surface area contributed by atoms with E-state index in [1.54, 1.807) is 0 Å². The van der Waals surface area contributed by atoms with Crippen molar-refractivity contribution in [3.8, 4) is 0 Å². The zero-order chi connectivity index (χ0) is 19.1. The Morgan fingerprint density at radius 2 is 1.23 bits per heavy atom. The predicted octanol–water partition coefficient (Wildman–Crippen LogP) is 0.474. The van der Waals surface area contributed by atoms with Gasteiger partial charge in [0.15, 0.2) is 0 Å². The largest absolute Gasteiger partial charge is 0.691 e. The first-order valence-electron chi connectivity index (χ1n) is 5.35. The minimum atomic E-state index is -1.16. The van der Waals surface area contributed by atoms with Gasteiger partial charge in [-0.2, -0.15) is 15.8 Å². The predicted molar refractivity (Wildman–Crippen MR) is 80.8 cm³/mol. The Hall–Kier alpha value is 1.57. The first kappa shape index (κ1) is 41.8. The maximum absolute atomic E-state index is 10.8. The van der Waals surface area contributed by atoms with Gasteiger partial charge in [0.25, 0.3) is 5.97 Å². The van der Waals surface area contributed by atoms with Gasteiger partial charge in [-0.05, 0) is 27.7 Å². The molecule has 0 aromatic carbocycles. The van der Waals surface area contributed by atoms with E-state index in [-0.39, 0.29) is 72.8 Å². The molecular weight excluding hydrogens is 550 g/mol. The second-order valence-corrected chi connectivity index (χ2v) is 6.84. The van der Waals surface area contributed by atoms with Crippen LogP contribution in [0.2, 0.25) is 0 Å². The Kier molecular flexibility index (Phi) is 39.6. The first-order chi connectivity index (χ1) is 10.5. The molecule has 0 rings (SSSR count). The van der Waals surface area contributed by atoms with Crippen molar-refractivity contribution in [2.75, 3.05) is 0 Å². The maximum atomic E-state index is 10.8. The average molecular weight is 572 g/mol. The molecule has 26 heavy (non-hydrogen) atoms. The van der Waals surface area contributed by atoms with Gasteiger partial charge in [0.05, 0.1) is 0 Å². The van der Waals surface area contributed by atoms with E-state index in [4.69, 9.17) is 10.2 Å². The molecule has 0 atom stereocenters. The van der Waals surface area contributed by atoms with E-state index in [0.717, 1.165) is 0 Å². The molecule has 154 valence electrons. The van der Waals surface area contributed by atoms with Crippen molar-refractivity contribution < 1.29 is 119 Å². The van der Waals surface area contributed by atoms with Crippen LogP contribution in [0.25, 0.3) is 0 Å². The normalized spacial score (nSPS) is 9.42. The molecule has 0 aliphatic rings. The zero-order valence-electron chi connectivity index (χ0n) is 14.0. The van der Waals surface area contributed by atoms with Crippen LogP contribution in [0, 0.1) is 14.2 Å². The minimum absolute atomic E-state index is 0. The number of hydrogen-bond donors (Lipinski definition) is 2. The van der Waals surface area contributed by atoms with Crippen molar-refractivity contribution in [2.45, 2.75) is 44.6 Å². The van der Waals surface area contributed by atoms with Crippen LogP contribution in [0.3, 0.4) is 0 Å². The Morgan fingerprint density at radius 3 is 1.46 bits per heavy atom. The molecule has 0 saturated carbocycles. The van der Waals surface area contributed by atoms with Crippen molar-refractivity contribution in [3.63, 3.8) is 0 Å². The number of carboxylic acid groups (broad SMARTS) is 1. The zero-order valence-corrected chi connectivity index (χ0v) is 21.3. The molecule has 0 aliphatic heterocycles. The SMILES string of the molecule is C.CC(C)(SOO[O-])C(=O)O.[CH2-]O.[CH2-]OC(=O)C(C)(C)SOO[O-].[Y].[Y]. The summed E-state index contributed by atoms with van der Waals surface area (Å²) in [5.41, 5.74) is 0. The molecule has 0 aromatic heterocycles. The van der Waals surface area contributed by atoms with Crippen LogP contribution in [0.5, 0.6) is 0 Å². The first-order valence-corrected chi connectivity index (χ1v) is 6.83. The third-order valence-electron chi connectivity index (χ3n) is 1.68. The van der Waals surface area contributed by atoms with Crippen molar-refractivity contribution in [1.29, 1.82) is 0 Å². The van der Waals surface area contributed by atoms with Gasteiger partial charge in [0.2, 0.25) is 0 Å². The Balaban J connectivity index is -0.0000000635. The number of rotatable bonds is 8. The summed E-state index contributed by atoms with van der Waals surface area (Å²) >= 11 is 1.01. The van der Waals surface area contributed by atoms with Crippen molar-refractivity contribution >= 4 is 36.0 Å². The molecule has 15 heteroatoms. The van der Waals surface area contributed by atoms with Gasteiger partial charge in [0, 0.05) is 89.5 Å². The molecule has 0 spiro atoms. The number of aliphatic hydroxyl groups excluding tert-OH is 1. The van der Waals surface area contributed by atoms with Gasteiger partial charge in [-0.3, -0.25) is 19.7 Å². The fourth-order valence-electron chi connectivity index (χ4n) is 0.441. The second kappa shape index (κ2) is 24.6. The molecule has 0 heterocycles. The summed E-state index contributed by atoms with van der Waals surface area (Å²) in [6.45, 7) is 5.78. The maximum Gasteiger partial charge on any atom is 0.321 e. The van der Waals surface area contributed by atoms with Crippen LogP contribution in [-0.2, 0) is 98.5 Å². The van der Waals surface area contributed by atoms with Crippen LogP contribution in [-0.4, -0.2) is 31.6 Å². The molecule has 2 radical (unpaired) electrons. The van der Waals surface area contributed by atoms with Crippen molar-refractivity contribution in [2.24, 2.45) is 0 Å². The van der Waals surface area contributed by atoms with E-state index in [1.165, 1.54) is 27.7 Å². The number of hydrogen-bond acceptors (Lipinski definition) is 12. The van der Waals surface area contributed by atoms with E-state index in [9.17, 15) is 20.1 Å². The Morgan fingerprint density at radius 1 is 0.923 bits per heavy atom. The Labute approximate surface area is 212 Å². The van der Waals surface area contributed by atoms with Crippen LogP contribution in [0.4, 0.5) is 0 Å². The minimum Gasteiger partial charge on any atom is -0.691 e. The fraction of sp³-hybridized carbons (Fsp3) is 0.636. The van der Waals surface area contributed by atoms with Crippen molar-refractivity contribution in [1.82, 2.24) is 0 Å². The number of carbonyl (C=O) groups is 2. The van der Waals surface area contributed by atoms with Crippen LogP contribution < -0.4 is 10.5 Å². The number of aliphatic hydroxyl groups is 1. The number of carboxylic acids is 1. The molecule has 0 unspecified atom stereocenters. The molecule has 0 aliphatic carbocycles. The van der Waals surface area contributed by atoms with E-state index < -0.39 is 21.4 Å². The van der Waals surface area contributed by atoms with Crippen LogP contribution in [0.15, 0.2) is 0 Å². The second-order valence-electron chi connectivity index (χ2n) is 4.20. The quantitative estimate of drug-likeness (QED) is 0.136. The molecule has 0 saturated heterocycles. The number of ether oxygens (including phenoxy) is 1. The van der Waals surface area contributed by atoms with Crippen LogP contribution >= 0.6 is 24.1 Å².